The van der Waals surface area contributed by atoms with Gasteiger partial charge in [0.25, 0.3) is 10.0 Å². The highest BCUT2D eigenvalue weighted by Crippen LogP contribution is 2.21. The van der Waals surface area contributed by atoms with Crippen molar-refractivity contribution < 1.29 is 8.42 Å². The molecule has 0 aliphatic rings. The maximum absolute atomic E-state index is 12.4. The van der Waals surface area contributed by atoms with Crippen LogP contribution < -0.4 is 10.0 Å². The van der Waals surface area contributed by atoms with E-state index in [1.165, 1.54) is 6.20 Å². The van der Waals surface area contributed by atoms with Gasteiger partial charge in [-0.2, -0.15) is 13.5 Å². The Morgan fingerprint density at radius 1 is 1.35 bits per heavy atom. The van der Waals surface area contributed by atoms with Crippen molar-refractivity contribution in [2.24, 2.45) is 0 Å². The van der Waals surface area contributed by atoms with E-state index in [0.717, 1.165) is 11.3 Å². The Hall–Kier alpha value is -1.93. The zero-order chi connectivity index (χ0) is 14.8. The fourth-order valence-corrected chi connectivity index (χ4v) is 3.15. The van der Waals surface area contributed by atoms with Gasteiger partial charge in [0, 0.05) is 30.2 Å². The number of hydrogen-bond acceptors (Lipinski definition) is 5. The lowest BCUT2D eigenvalue weighted by Gasteiger charge is -2.09. The van der Waals surface area contributed by atoms with Crippen molar-refractivity contribution in [3.8, 4) is 0 Å². The van der Waals surface area contributed by atoms with Crippen LogP contribution in [0.5, 0.6) is 0 Å². The number of hydrogen-bond donors (Lipinski definition) is 3. The molecule has 0 unspecified atom stereocenters. The van der Waals surface area contributed by atoms with E-state index < -0.39 is 10.0 Å². The number of H-pyrrole nitrogens is 1. The van der Waals surface area contributed by atoms with Gasteiger partial charge in [-0.1, -0.05) is 0 Å². The minimum absolute atomic E-state index is 0.0144. The predicted molar refractivity (Wildman–Crippen MR) is 75.9 cm³/mol. The quantitative estimate of drug-likeness (QED) is 0.762. The van der Waals surface area contributed by atoms with E-state index in [1.54, 1.807) is 33.2 Å². The Morgan fingerprint density at radius 2 is 2.10 bits per heavy atom. The highest BCUT2D eigenvalue weighted by molar-refractivity contribution is 7.92. The molecule has 2 aromatic rings. The fraction of sp³-hybridized carbons (Fsp3) is 0.333. The number of aromatic nitrogens is 3. The molecule has 0 saturated carbocycles. The van der Waals surface area contributed by atoms with Gasteiger partial charge in [-0.25, -0.2) is 0 Å². The van der Waals surface area contributed by atoms with Crippen LogP contribution in [0.1, 0.15) is 16.8 Å². The molecule has 0 saturated heterocycles. The van der Waals surface area contributed by atoms with Gasteiger partial charge in [-0.15, -0.1) is 0 Å². The second-order valence-corrected chi connectivity index (χ2v) is 6.06. The number of anilines is 1. The Bertz CT molecular complexity index is 708. The van der Waals surface area contributed by atoms with Gasteiger partial charge in [0.05, 0.1) is 5.69 Å². The Labute approximate surface area is 117 Å². The largest absolute Gasteiger partial charge is 0.316 e. The Balaban J connectivity index is 2.39. The molecule has 108 valence electrons. The van der Waals surface area contributed by atoms with Crippen LogP contribution >= 0.6 is 0 Å². The van der Waals surface area contributed by atoms with Crippen LogP contribution in [0.25, 0.3) is 0 Å². The van der Waals surface area contributed by atoms with E-state index in [2.05, 4.69) is 25.2 Å². The van der Waals surface area contributed by atoms with Crippen LogP contribution in [0.4, 0.5) is 5.69 Å². The summed E-state index contributed by atoms with van der Waals surface area (Å²) in [5, 5.41) is 9.56. The van der Waals surface area contributed by atoms with Gasteiger partial charge in [0.2, 0.25) is 5.03 Å². The fourth-order valence-electron chi connectivity index (χ4n) is 1.82. The molecule has 0 aliphatic carbocycles. The molecule has 2 rings (SSSR count). The number of rotatable bonds is 5. The van der Waals surface area contributed by atoms with Gasteiger partial charge < -0.3 is 5.32 Å². The normalized spacial score (nSPS) is 11.6. The molecular weight excluding hydrogens is 278 g/mol. The Morgan fingerprint density at radius 3 is 2.75 bits per heavy atom. The molecule has 8 heteroatoms. The summed E-state index contributed by atoms with van der Waals surface area (Å²) in [6, 6.07) is 1.62. The summed E-state index contributed by atoms with van der Waals surface area (Å²) in [6.45, 7) is 4.00. The summed E-state index contributed by atoms with van der Waals surface area (Å²) in [7, 11) is -1.97. The minimum atomic E-state index is -3.73. The van der Waals surface area contributed by atoms with E-state index in [1.807, 2.05) is 0 Å². The second kappa shape index (κ2) is 5.59. The molecule has 2 heterocycles. The van der Waals surface area contributed by atoms with Crippen LogP contribution in [-0.2, 0) is 16.6 Å². The maximum atomic E-state index is 12.4. The number of nitrogens with one attached hydrogen (secondary N) is 3. The molecule has 0 amide bonds. The lowest BCUT2D eigenvalue weighted by Crippen LogP contribution is -2.18. The van der Waals surface area contributed by atoms with Gasteiger partial charge in [0.15, 0.2) is 0 Å². The van der Waals surface area contributed by atoms with Crippen molar-refractivity contribution in [3.05, 3.63) is 35.3 Å². The maximum Gasteiger partial charge on any atom is 0.281 e. The van der Waals surface area contributed by atoms with Crippen LogP contribution in [-0.4, -0.2) is 30.6 Å². The van der Waals surface area contributed by atoms with Crippen molar-refractivity contribution in [1.29, 1.82) is 0 Å². The number of nitrogens with zero attached hydrogens (tertiary/aromatic N) is 2. The lowest BCUT2D eigenvalue weighted by molar-refractivity contribution is 0.595. The first-order chi connectivity index (χ1) is 9.45. The SMILES string of the molecule is CNCc1c(S(=O)(=O)Nc2ccncc2C)n[nH]c1C. The topological polar surface area (TPSA) is 99.8 Å². The zero-order valence-electron chi connectivity index (χ0n) is 11.6. The average molecular weight is 295 g/mol. The monoisotopic (exact) mass is 295 g/mol. The third-order valence-corrected chi connectivity index (χ3v) is 4.24. The first-order valence-corrected chi connectivity index (χ1v) is 7.56. The smallest absolute Gasteiger partial charge is 0.281 e. The molecule has 3 N–H and O–H groups in total. The first-order valence-electron chi connectivity index (χ1n) is 6.07. The molecule has 20 heavy (non-hydrogen) atoms. The molecule has 0 aromatic carbocycles. The Kier molecular flexibility index (Phi) is 4.05. The van der Waals surface area contributed by atoms with E-state index in [4.69, 9.17) is 0 Å². The molecule has 0 spiro atoms. The number of sulfonamides is 1. The predicted octanol–water partition coefficient (Wildman–Crippen LogP) is 0.942. The van der Waals surface area contributed by atoms with Crippen LogP contribution in [0.2, 0.25) is 0 Å². The van der Waals surface area contributed by atoms with Gasteiger partial charge in [-0.05, 0) is 32.5 Å². The number of aromatic amines is 1. The van der Waals surface area contributed by atoms with E-state index >= 15 is 0 Å². The molecular formula is C12H17N5O2S. The van der Waals surface area contributed by atoms with Gasteiger partial charge in [-0.3, -0.25) is 14.8 Å². The average Bonchev–Trinajstić information content (AvgIpc) is 2.75. The molecule has 0 atom stereocenters. The third-order valence-electron chi connectivity index (χ3n) is 2.91. The summed E-state index contributed by atoms with van der Waals surface area (Å²) in [4.78, 5) is 3.93. The molecule has 0 bridgehead atoms. The van der Waals surface area contributed by atoms with Crippen molar-refractivity contribution >= 4 is 15.7 Å². The van der Waals surface area contributed by atoms with Gasteiger partial charge in [0.1, 0.15) is 0 Å². The highest BCUT2D eigenvalue weighted by Gasteiger charge is 2.24. The summed E-state index contributed by atoms with van der Waals surface area (Å²) < 4.78 is 27.4. The van der Waals surface area contributed by atoms with E-state index in [0.29, 0.717) is 17.8 Å². The minimum Gasteiger partial charge on any atom is -0.316 e. The number of pyridine rings is 1. The van der Waals surface area contributed by atoms with Crippen LogP contribution in [0, 0.1) is 13.8 Å². The van der Waals surface area contributed by atoms with E-state index in [-0.39, 0.29) is 5.03 Å². The van der Waals surface area contributed by atoms with Crippen molar-refractivity contribution in [2.75, 3.05) is 11.8 Å². The van der Waals surface area contributed by atoms with Crippen LogP contribution in [0.15, 0.2) is 23.5 Å². The molecule has 0 radical (unpaired) electrons. The summed E-state index contributed by atoms with van der Waals surface area (Å²) >= 11 is 0. The summed E-state index contributed by atoms with van der Waals surface area (Å²) in [5.74, 6) is 0. The van der Waals surface area contributed by atoms with Crippen molar-refractivity contribution in [3.63, 3.8) is 0 Å². The summed E-state index contributed by atoms with van der Waals surface area (Å²) in [6.07, 6.45) is 3.14. The molecule has 0 aliphatic heterocycles. The van der Waals surface area contributed by atoms with Crippen molar-refractivity contribution in [2.45, 2.75) is 25.4 Å². The third kappa shape index (κ3) is 2.81. The number of aryl methyl sites for hydroxylation is 2. The zero-order valence-corrected chi connectivity index (χ0v) is 12.4. The van der Waals surface area contributed by atoms with Gasteiger partial charge >= 0.3 is 0 Å². The van der Waals surface area contributed by atoms with E-state index in [9.17, 15) is 8.42 Å². The van der Waals surface area contributed by atoms with Crippen molar-refractivity contribution in [1.82, 2.24) is 20.5 Å². The molecule has 2 aromatic heterocycles. The highest BCUT2D eigenvalue weighted by atomic mass is 32.2. The van der Waals surface area contributed by atoms with Crippen LogP contribution in [0.3, 0.4) is 0 Å². The molecule has 7 nitrogen and oxygen atoms in total. The molecule has 0 fully saturated rings. The second-order valence-electron chi connectivity index (χ2n) is 4.46. The summed E-state index contributed by atoms with van der Waals surface area (Å²) in [5.41, 5.74) is 2.60. The standard InChI is InChI=1S/C12H17N5O2S/c1-8-6-14-5-4-11(8)17-20(18,19)12-10(7-13-3)9(2)15-16-12/h4-6,13H,7H2,1-3H3,(H,14,17)(H,15,16). The lowest BCUT2D eigenvalue weighted by atomic mass is 10.3. The first kappa shape index (κ1) is 14.5.